The third kappa shape index (κ3) is 2.62. The molecule has 1 aliphatic rings. The van der Waals surface area contributed by atoms with Gasteiger partial charge in [0, 0.05) is 18.8 Å². The highest BCUT2D eigenvalue weighted by molar-refractivity contribution is 7.89. The summed E-state index contributed by atoms with van der Waals surface area (Å²) in [5.74, 6) is 0. The third-order valence-corrected chi connectivity index (χ3v) is 5.36. The van der Waals surface area contributed by atoms with Crippen LogP contribution in [0, 0.1) is 6.92 Å². The first-order chi connectivity index (χ1) is 9.57. The standard InChI is InChI=1S/C14H17N3O2S/c1-11-2-4-12(5-3-11)10-17(13-6-7-13)20(18,19)14-8-15-16-9-14/h2-5,8-9,13H,6-7,10H2,1H3,(H,15,16). The van der Waals surface area contributed by atoms with E-state index in [2.05, 4.69) is 10.2 Å². The third-order valence-electron chi connectivity index (χ3n) is 3.49. The Bertz CT molecular complexity index is 674. The van der Waals surface area contributed by atoms with Crippen molar-refractivity contribution >= 4 is 10.0 Å². The van der Waals surface area contributed by atoms with Gasteiger partial charge in [0.25, 0.3) is 0 Å². The molecule has 106 valence electrons. The topological polar surface area (TPSA) is 66.1 Å². The van der Waals surface area contributed by atoms with E-state index in [-0.39, 0.29) is 10.9 Å². The van der Waals surface area contributed by atoms with Crippen molar-refractivity contribution in [2.75, 3.05) is 0 Å². The first-order valence-corrected chi connectivity index (χ1v) is 8.07. The van der Waals surface area contributed by atoms with E-state index in [9.17, 15) is 8.42 Å². The van der Waals surface area contributed by atoms with Crippen LogP contribution in [0.3, 0.4) is 0 Å². The van der Waals surface area contributed by atoms with Crippen molar-refractivity contribution in [3.05, 3.63) is 47.8 Å². The van der Waals surface area contributed by atoms with Crippen LogP contribution in [-0.2, 0) is 16.6 Å². The lowest BCUT2D eigenvalue weighted by molar-refractivity contribution is 0.398. The molecule has 20 heavy (non-hydrogen) atoms. The molecule has 2 aromatic rings. The number of hydrogen-bond donors (Lipinski definition) is 1. The van der Waals surface area contributed by atoms with Gasteiger partial charge in [0.2, 0.25) is 10.0 Å². The predicted octanol–water partition coefficient (Wildman–Crippen LogP) is 2.07. The fraction of sp³-hybridized carbons (Fsp3) is 0.357. The Labute approximate surface area is 118 Å². The summed E-state index contributed by atoms with van der Waals surface area (Å²) < 4.78 is 26.8. The number of nitrogens with one attached hydrogen (secondary N) is 1. The van der Waals surface area contributed by atoms with Gasteiger partial charge in [-0.15, -0.1) is 0 Å². The molecule has 1 aromatic heterocycles. The van der Waals surface area contributed by atoms with Gasteiger partial charge in [-0.3, -0.25) is 5.10 Å². The van der Waals surface area contributed by atoms with Gasteiger partial charge >= 0.3 is 0 Å². The quantitative estimate of drug-likeness (QED) is 0.917. The zero-order valence-electron chi connectivity index (χ0n) is 11.3. The number of aromatic amines is 1. The molecule has 1 fully saturated rings. The van der Waals surface area contributed by atoms with Crippen LogP contribution < -0.4 is 0 Å². The highest BCUT2D eigenvalue weighted by atomic mass is 32.2. The average Bonchev–Trinajstić information content (AvgIpc) is 3.09. The number of H-pyrrole nitrogens is 1. The molecule has 0 saturated heterocycles. The lowest BCUT2D eigenvalue weighted by Crippen LogP contribution is -2.32. The van der Waals surface area contributed by atoms with Gasteiger partial charge in [-0.25, -0.2) is 8.42 Å². The highest BCUT2D eigenvalue weighted by Gasteiger charge is 2.38. The highest BCUT2D eigenvalue weighted by Crippen LogP contribution is 2.33. The van der Waals surface area contributed by atoms with Crippen LogP contribution in [0.4, 0.5) is 0 Å². The minimum Gasteiger partial charge on any atom is -0.284 e. The molecule has 6 heteroatoms. The SMILES string of the molecule is Cc1ccc(CN(C2CC2)S(=O)(=O)c2cn[nH]c2)cc1. The molecule has 0 atom stereocenters. The van der Waals surface area contributed by atoms with Crippen molar-refractivity contribution in [2.45, 2.75) is 37.2 Å². The Morgan fingerprint density at radius 1 is 1.30 bits per heavy atom. The Balaban J connectivity index is 1.88. The first-order valence-electron chi connectivity index (χ1n) is 6.63. The molecule has 0 spiro atoms. The fourth-order valence-electron chi connectivity index (χ4n) is 2.16. The monoisotopic (exact) mass is 291 g/mol. The van der Waals surface area contributed by atoms with Crippen LogP contribution in [0.5, 0.6) is 0 Å². The van der Waals surface area contributed by atoms with Crippen molar-refractivity contribution in [3.8, 4) is 0 Å². The Morgan fingerprint density at radius 3 is 2.55 bits per heavy atom. The van der Waals surface area contributed by atoms with Crippen molar-refractivity contribution in [2.24, 2.45) is 0 Å². The van der Waals surface area contributed by atoms with Crippen molar-refractivity contribution in [1.82, 2.24) is 14.5 Å². The van der Waals surface area contributed by atoms with Crippen LogP contribution >= 0.6 is 0 Å². The largest absolute Gasteiger partial charge is 0.284 e. The summed E-state index contributed by atoms with van der Waals surface area (Å²) in [6.07, 6.45) is 4.66. The number of aromatic nitrogens is 2. The van der Waals surface area contributed by atoms with Crippen molar-refractivity contribution in [3.63, 3.8) is 0 Å². The van der Waals surface area contributed by atoms with Crippen molar-refractivity contribution in [1.29, 1.82) is 0 Å². The van der Waals surface area contributed by atoms with Crippen LogP contribution in [0.15, 0.2) is 41.6 Å². The number of aryl methyl sites for hydroxylation is 1. The smallest absolute Gasteiger partial charge is 0.246 e. The van der Waals surface area contributed by atoms with E-state index < -0.39 is 10.0 Å². The summed E-state index contributed by atoms with van der Waals surface area (Å²) in [5, 5.41) is 6.30. The Morgan fingerprint density at radius 2 is 2.00 bits per heavy atom. The molecule has 1 saturated carbocycles. The van der Waals surface area contributed by atoms with E-state index in [0.717, 1.165) is 18.4 Å². The molecular formula is C14H17N3O2S. The minimum absolute atomic E-state index is 0.121. The van der Waals surface area contributed by atoms with Crippen LogP contribution in [0.2, 0.25) is 0 Å². The predicted molar refractivity (Wildman–Crippen MR) is 75.5 cm³/mol. The summed E-state index contributed by atoms with van der Waals surface area (Å²) in [5.41, 5.74) is 2.18. The molecule has 0 bridgehead atoms. The second-order valence-corrected chi connectivity index (χ2v) is 7.09. The fourth-order valence-corrected chi connectivity index (χ4v) is 3.74. The van der Waals surface area contributed by atoms with E-state index in [1.807, 2.05) is 31.2 Å². The van der Waals surface area contributed by atoms with Gasteiger partial charge in [-0.05, 0) is 25.3 Å². The van der Waals surface area contributed by atoms with Gasteiger partial charge < -0.3 is 0 Å². The van der Waals surface area contributed by atoms with Crippen LogP contribution in [0.25, 0.3) is 0 Å². The number of sulfonamides is 1. The lowest BCUT2D eigenvalue weighted by Gasteiger charge is -2.21. The van der Waals surface area contributed by atoms with Gasteiger partial charge in [0.05, 0.1) is 6.20 Å². The second kappa shape index (κ2) is 5.03. The van der Waals surface area contributed by atoms with Crippen molar-refractivity contribution < 1.29 is 8.42 Å². The van der Waals surface area contributed by atoms with E-state index in [1.165, 1.54) is 18.0 Å². The van der Waals surface area contributed by atoms with E-state index in [1.54, 1.807) is 4.31 Å². The molecule has 0 amide bonds. The number of hydrogen-bond acceptors (Lipinski definition) is 3. The zero-order chi connectivity index (χ0) is 14.2. The summed E-state index contributed by atoms with van der Waals surface area (Å²) in [6.45, 7) is 2.43. The van der Waals surface area contributed by atoms with Gasteiger partial charge in [0.15, 0.2) is 0 Å². The molecule has 5 nitrogen and oxygen atoms in total. The second-order valence-electron chi connectivity index (χ2n) is 5.20. The Kier molecular flexibility index (Phi) is 3.35. The summed E-state index contributed by atoms with van der Waals surface area (Å²) in [4.78, 5) is 0.233. The molecule has 1 aromatic carbocycles. The summed E-state index contributed by atoms with van der Waals surface area (Å²) in [6, 6.07) is 8.09. The van der Waals surface area contributed by atoms with E-state index in [0.29, 0.717) is 6.54 Å². The normalized spacial score (nSPS) is 15.7. The van der Waals surface area contributed by atoms with Gasteiger partial charge in [-0.1, -0.05) is 29.8 Å². The minimum atomic E-state index is -3.46. The molecule has 1 heterocycles. The average molecular weight is 291 g/mol. The van der Waals surface area contributed by atoms with Crippen LogP contribution in [0.1, 0.15) is 24.0 Å². The number of rotatable bonds is 5. The summed E-state index contributed by atoms with van der Waals surface area (Å²) in [7, 11) is -3.46. The maximum Gasteiger partial charge on any atom is 0.246 e. The molecular weight excluding hydrogens is 274 g/mol. The molecule has 0 radical (unpaired) electrons. The summed E-state index contributed by atoms with van der Waals surface area (Å²) >= 11 is 0. The molecule has 1 aliphatic carbocycles. The van der Waals surface area contributed by atoms with E-state index >= 15 is 0 Å². The molecule has 3 rings (SSSR count). The molecule has 0 aliphatic heterocycles. The molecule has 0 unspecified atom stereocenters. The lowest BCUT2D eigenvalue weighted by atomic mass is 10.1. The Hall–Kier alpha value is -1.66. The van der Waals surface area contributed by atoms with E-state index in [4.69, 9.17) is 0 Å². The van der Waals surface area contributed by atoms with Gasteiger partial charge in [-0.2, -0.15) is 9.40 Å². The van der Waals surface area contributed by atoms with Gasteiger partial charge in [0.1, 0.15) is 4.90 Å². The number of nitrogens with zero attached hydrogens (tertiary/aromatic N) is 2. The zero-order valence-corrected chi connectivity index (χ0v) is 12.1. The first kappa shape index (κ1) is 13.3. The maximum absolute atomic E-state index is 12.6. The van der Waals surface area contributed by atoms with Crippen LogP contribution in [-0.4, -0.2) is 29.0 Å². The maximum atomic E-state index is 12.6. The number of benzene rings is 1. The molecule has 1 N–H and O–H groups in total.